The molecule has 1 amide bonds. The van der Waals surface area contributed by atoms with Gasteiger partial charge in [0.1, 0.15) is 11.5 Å². The Morgan fingerprint density at radius 2 is 2.16 bits per heavy atom. The van der Waals surface area contributed by atoms with E-state index in [9.17, 15) is 4.79 Å². The van der Waals surface area contributed by atoms with Crippen molar-refractivity contribution in [1.82, 2.24) is 4.90 Å². The molecule has 4 rings (SSSR count). The lowest BCUT2D eigenvalue weighted by Crippen LogP contribution is -2.40. The van der Waals surface area contributed by atoms with Crippen LogP contribution in [0.15, 0.2) is 42.5 Å². The third-order valence-electron chi connectivity index (χ3n) is 4.99. The van der Waals surface area contributed by atoms with Gasteiger partial charge in [-0.3, -0.25) is 4.79 Å². The number of halogens is 1. The molecule has 0 aromatic heterocycles. The summed E-state index contributed by atoms with van der Waals surface area (Å²) < 4.78 is 11.2. The zero-order valence-electron chi connectivity index (χ0n) is 14.1. The number of benzene rings is 2. The van der Waals surface area contributed by atoms with Gasteiger partial charge in [-0.15, -0.1) is 0 Å². The average Bonchev–Trinajstić information content (AvgIpc) is 3.27. The number of hydrogen-bond acceptors (Lipinski definition) is 3. The van der Waals surface area contributed by atoms with Crippen LogP contribution in [0.1, 0.15) is 30.0 Å². The monoisotopic (exact) mass is 357 g/mol. The van der Waals surface area contributed by atoms with Gasteiger partial charge >= 0.3 is 0 Å². The number of carbonyl (C=O) groups is 1. The van der Waals surface area contributed by atoms with Gasteiger partial charge in [0, 0.05) is 18.0 Å². The lowest BCUT2D eigenvalue weighted by atomic mass is 10.0. The van der Waals surface area contributed by atoms with E-state index in [0.717, 1.165) is 42.0 Å². The Balaban J connectivity index is 1.53. The number of methoxy groups -OCH3 is 1. The maximum absolute atomic E-state index is 13.1. The highest BCUT2D eigenvalue weighted by molar-refractivity contribution is 6.30. The van der Waals surface area contributed by atoms with Gasteiger partial charge < -0.3 is 14.4 Å². The summed E-state index contributed by atoms with van der Waals surface area (Å²) in [7, 11) is 1.66. The van der Waals surface area contributed by atoms with Gasteiger partial charge in [-0.25, -0.2) is 0 Å². The summed E-state index contributed by atoms with van der Waals surface area (Å²) in [5.74, 6) is 1.63. The highest BCUT2D eigenvalue weighted by atomic mass is 35.5. The van der Waals surface area contributed by atoms with Crippen LogP contribution in [0, 0.1) is 0 Å². The maximum atomic E-state index is 13.1. The number of ether oxygens (including phenoxy) is 2. The first-order chi connectivity index (χ1) is 12.2. The number of likely N-dealkylation sites (tertiary alicyclic amines) is 1. The minimum absolute atomic E-state index is 0.0534. The minimum atomic E-state index is -0.459. The molecular weight excluding hydrogens is 338 g/mol. The van der Waals surface area contributed by atoms with Crippen molar-refractivity contribution in [2.45, 2.75) is 31.4 Å². The zero-order chi connectivity index (χ0) is 17.4. The zero-order valence-corrected chi connectivity index (χ0v) is 14.8. The van der Waals surface area contributed by atoms with Crippen molar-refractivity contribution in [3.05, 3.63) is 58.6 Å². The summed E-state index contributed by atoms with van der Waals surface area (Å²) in [5, 5.41) is 0.672. The average molecular weight is 358 g/mol. The summed E-state index contributed by atoms with van der Waals surface area (Å²) in [6, 6.07) is 13.6. The molecule has 2 aliphatic rings. The van der Waals surface area contributed by atoms with E-state index in [-0.39, 0.29) is 11.9 Å². The first-order valence-electron chi connectivity index (χ1n) is 8.55. The Morgan fingerprint density at radius 1 is 1.28 bits per heavy atom. The van der Waals surface area contributed by atoms with E-state index in [2.05, 4.69) is 6.07 Å². The molecule has 1 saturated heterocycles. The number of nitrogens with zero attached hydrogens (tertiary/aromatic N) is 1. The van der Waals surface area contributed by atoms with Gasteiger partial charge in [0.15, 0.2) is 6.10 Å². The van der Waals surface area contributed by atoms with E-state index in [1.807, 2.05) is 35.2 Å². The Labute approximate surface area is 152 Å². The molecule has 0 spiro atoms. The lowest BCUT2D eigenvalue weighted by molar-refractivity contribution is -0.138. The topological polar surface area (TPSA) is 38.8 Å². The summed E-state index contributed by atoms with van der Waals surface area (Å²) in [6.07, 6.45) is 2.08. The summed E-state index contributed by atoms with van der Waals surface area (Å²) in [5.41, 5.74) is 2.12. The Hall–Kier alpha value is -2.20. The minimum Gasteiger partial charge on any atom is -0.497 e. The van der Waals surface area contributed by atoms with Crippen LogP contribution in [-0.4, -0.2) is 30.6 Å². The van der Waals surface area contributed by atoms with Crippen molar-refractivity contribution in [2.24, 2.45) is 0 Å². The fourth-order valence-electron chi connectivity index (χ4n) is 3.77. The third kappa shape index (κ3) is 3.07. The first-order valence-corrected chi connectivity index (χ1v) is 8.93. The normalized spacial score (nSPS) is 21.8. The molecule has 1 fully saturated rings. The fourth-order valence-corrected chi connectivity index (χ4v) is 3.96. The van der Waals surface area contributed by atoms with Crippen LogP contribution in [0.4, 0.5) is 0 Å². The van der Waals surface area contributed by atoms with E-state index in [1.165, 1.54) is 0 Å². The van der Waals surface area contributed by atoms with E-state index in [0.29, 0.717) is 11.4 Å². The number of fused-ring (bicyclic) bond motifs is 1. The second kappa shape index (κ2) is 6.60. The second-order valence-corrected chi connectivity index (χ2v) is 6.97. The summed E-state index contributed by atoms with van der Waals surface area (Å²) in [4.78, 5) is 15.0. The predicted molar refractivity (Wildman–Crippen MR) is 96.3 cm³/mol. The smallest absolute Gasteiger partial charge is 0.264 e. The van der Waals surface area contributed by atoms with Crippen LogP contribution in [-0.2, 0) is 11.2 Å². The second-order valence-electron chi connectivity index (χ2n) is 6.53. The van der Waals surface area contributed by atoms with Gasteiger partial charge in [0.2, 0.25) is 0 Å². The quantitative estimate of drug-likeness (QED) is 0.833. The van der Waals surface area contributed by atoms with Crippen LogP contribution in [0.3, 0.4) is 0 Å². The van der Waals surface area contributed by atoms with Crippen molar-refractivity contribution < 1.29 is 14.3 Å². The van der Waals surface area contributed by atoms with Gasteiger partial charge in [0.05, 0.1) is 13.2 Å². The number of carbonyl (C=O) groups excluding carboxylic acids is 1. The first kappa shape index (κ1) is 16.3. The summed E-state index contributed by atoms with van der Waals surface area (Å²) >= 11 is 6.05. The fraction of sp³-hybridized carbons (Fsp3) is 0.350. The molecule has 2 heterocycles. The molecule has 2 aromatic rings. The van der Waals surface area contributed by atoms with E-state index in [1.54, 1.807) is 13.2 Å². The van der Waals surface area contributed by atoms with Crippen LogP contribution in [0.25, 0.3) is 0 Å². The van der Waals surface area contributed by atoms with E-state index >= 15 is 0 Å². The molecule has 0 radical (unpaired) electrons. The predicted octanol–water partition coefficient (Wildman–Crippen LogP) is 4.02. The number of rotatable bonds is 3. The van der Waals surface area contributed by atoms with Crippen molar-refractivity contribution in [3.8, 4) is 11.5 Å². The van der Waals surface area contributed by atoms with Crippen LogP contribution >= 0.6 is 11.6 Å². The molecule has 0 unspecified atom stereocenters. The molecule has 4 nitrogen and oxygen atoms in total. The Morgan fingerprint density at radius 3 is 3.00 bits per heavy atom. The molecule has 5 heteroatoms. The number of amides is 1. The molecule has 2 aliphatic heterocycles. The largest absolute Gasteiger partial charge is 0.497 e. The van der Waals surface area contributed by atoms with Gasteiger partial charge in [-0.2, -0.15) is 0 Å². The molecular formula is C20H20ClNO3. The summed E-state index contributed by atoms with van der Waals surface area (Å²) in [6.45, 7) is 0.762. The highest BCUT2D eigenvalue weighted by Crippen LogP contribution is 2.37. The standard InChI is InChI=1S/C20H20ClNO3/c1-24-16-5-2-4-13(11-16)17-6-3-9-22(17)20(23)19-12-14-10-15(21)7-8-18(14)25-19/h2,4-5,7-8,10-11,17,19H,3,6,9,12H2,1H3/t17-,19-/m1/s1. The molecule has 2 atom stereocenters. The van der Waals surface area contributed by atoms with Crippen LogP contribution in [0.2, 0.25) is 5.02 Å². The van der Waals surface area contributed by atoms with E-state index < -0.39 is 6.10 Å². The van der Waals surface area contributed by atoms with Gasteiger partial charge in [0.25, 0.3) is 5.91 Å². The molecule has 25 heavy (non-hydrogen) atoms. The van der Waals surface area contributed by atoms with Crippen molar-refractivity contribution in [2.75, 3.05) is 13.7 Å². The van der Waals surface area contributed by atoms with Crippen molar-refractivity contribution in [3.63, 3.8) is 0 Å². The van der Waals surface area contributed by atoms with Crippen LogP contribution in [0.5, 0.6) is 11.5 Å². The molecule has 2 aromatic carbocycles. The molecule has 0 bridgehead atoms. The maximum Gasteiger partial charge on any atom is 0.264 e. The third-order valence-corrected chi connectivity index (χ3v) is 5.22. The van der Waals surface area contributed by atoms with Crippen LogP contribution < -0.4 is 9.47 Å². The van der Waals surface area contributed by atoms with Gasteiger partial charge in [-0.05, 0) is 54.3 Å². The number of hydrogen-bond donors (Lipinski definition) is 0. The SMILES string of the molecule is COc1cccc([C@H]2CCCN2C(=O)[C@H]2Cc3cc(Cl)ccc3O2)c1. The van der Waals surface area contributed by atoms with E-state index in [4.69, 9.17) is 21.1 Å². The Kier molecular flexibility index (Phi) is 4.30. The Bertz CT molecular complexity index is 807. The lowest BCUT2D eigenvalue weighted by Gasteiger charge is -2.27. The molecule has 0 saturated carbocycles. The molecule has 0 aliphatic carbocycles. The highest BCUT2D eigenvalue weighted by Gasteiger charge is 2.38. The van der Waals surface area contributed by atoms with Crippen molar-refractivity contribution >= 4 is 17.5 Å². The molecule has 0 N–H and O–H groups in total. The van der Waals surface area contributed by atoms with Gasteiger partial charge in [-0.1, -0.05) is 23.7 Å². The van der Waals surface area contributed by atoms with Crippen molar-refractivity contribution in [1.29, 1.82) is 0 Å². The molecule has 130 valence electrons.